The van der Waals surface area contributed by atoms with E-state index in [4.69, 9.17) is 0 Å². The van der Waals surface area contributed by atoms with Crippen molar-refractivity contribution in [3.63, 3.8) is 0 Å². The first-order chi connectivity index (χ1) is 15.5. The minimum Gasteiger partial charge on any atom is -0.353 e. The molecule has 2 heterocycles. The number of rotatable bonds is 5. The van der Waals surface area contributed by atoms with Crippen LogP contribution < -0.4 is 10.2 Å². The van der Waals surface area contributed by atoms with Crippen LogP contribution in [0.3, 0.4) is 0 Å². The van der Waals surface area contributed by atoms with Gasteiger partial charge in [-0.15, -0.1) is 0 Å². The standard InChI is InChI=1S/C25H25FN4O2/c1-18-2-6-20(7-3-18)25(32)30-14-12-29(13-15-30)23-11-10-22(17-27-23)28-24(31)16-19-4-8-21(26)9-5-19/h2-11,17H,12-16H2,1H3,(H,28,31). The van der Waals surface area contributed by atoms with E-state index >= 15 is 0 Å². The van der Waals surface area contributed by atoms with E-state index in [1.165, 1.54) is 12.1 Å². The topological polar surface area (TPSA) is 65.5 Å². The molecule has 7 heteroatoms. The van der Waals surface area contributed by atoms with E-state index in [0.29, 0.717) is 37.4 Å². The fourth-order valence-electron chi connectivity index (χ4n) is 3.66. The van der Waals surface area contributed by atoms with Gasteiger partial charge in [-0.1, -0.05) is 29.8 Å². The highest BCUT2D eigenvalue weighted by atomic mass is 19.1. The second-order valence-corrected chi connectivity index (χ2v) is 7.90. The van der Waals surface area contributed by atoms with Gasteiger partial charge in [-0.05, 0) is 48.9 Å². The minimum absolute atomic E-state index is 0.0526. The molecular weight excluding hydrogens is 407 g/mol. The Bertz CT molecular complexity index is 1070. The average Bonchev–Trinajstić information content (AvgIpc) is 2.81. The van der Waals surface area contributed by atoms with E-state index in [1.807, 2.05) is 48.2 Å². The molecule has 1 aromatic heterocycles. The van der Waals surface area contributed by atoms with Crippen LogP contribution in [0.5, 0.6) is 0 Å². The summed E-state index contributed by atoms with van der Waals surface area (Å²) < 4.78 is 13.0. The summed E-state index contributed by atoms with van der Waals surface area (Å²) in [5.74, 6) is 0.351. The van der Waals surface area contributed by atoms with E-state index in [0.717, 1.165) is 16.9 Å². The second kappa shape index (κ2) is 9.60. The Morgan fingerprint density at radius 2 is 1.62 bits per heavy atom. The summed E-state index contributed by atoms with van der Waals surface area (Å²) >= 11 is 0. The van der Waals surface area contributed by atoms with Gasteiger partial charge in [0.1, 0.15) is 11.6 Å². The zero-order valence-corrected chi connectivity index (χ0v) is 17.9. The monoisotopic (exact) mass is 432 g/mol. The molecule has 0 atom stereocenters. The maximum absolute atomic E-state index is 13.0. The summed E-state index contributed by atoms with van der Waals surface area (Å²) in [7, 11) is 0. The Morgan fingerprint density at radius 3 is 2.25 bits per heavy atom. The maximum Gasteiger partial charge on any atom is 0.253 e. The molecule has 0 aliphatic carbocycles. The number of carbonyl (C=O) groups is 2. The Balaban J connectivity index is 1.29. The van der Waals surface area contributed by atoms with Crippen LogP contribution in [0, 0.1) is 12.7 Å². The van der Waals surface area contributed by atoms with Crippen molar-refractivity contribution < 1.29 is 14.0 Å². The highest BCUT2D eigenvalue weighted by Gasteiger charge is 2.22. The van der Waals surface area contributed by atoms with Crippen molar-refractivity contribution in [2.75, 3.05) is 36.4 Å². The number of nitrogens with one attached hydrogen (secondary N) is 1. The lowest BCUT2D eigenvalue weighted by atomic mass is 10.1. The van der Waals surface area contributed by atoms with Gasteiger partial charge < -0.3 is 15.1 Å². The molecule has 2 amide bonds. The quantitative estimate of drug-likeness (QED) is 0.668. The van der Waals surface area contributed by atoms with E-state index < -0.39 is 0 Å². The van der Waals surface area contributed by atoms with Crippen molar-refractivity contribution >= 4 is 23.3 Å². The molecule has 1 aliphatic rings. The summed E-state index contributed by atoms with van der Waals surface area (Å²) in [4.78, 5) is 33.4. The highest BCUT2D eigenvalue weighted by molar-refractivity contribution is 5.94. The largest absolute Gasteiger partial charge is 0.353 e. The molecule has 2 aromatic carbocycles. The van der Waals surface area contributed by atoms with Crippen LogP contribution in [0.15, 0.2) is 66.9 Å². The van der Waals surface area contributed by atoms with Crippen LogP contribution in [-0.2, 0) is 11.2 Å². The molecule has 0 saturated carbocycles. The Hall–Kier alpha value is -3.74. The first-order valence-corrected chi connectivity index (χ1v) is 10.6. The van der Waals surface area contributed by atoms with Gasteiger partial charge in [0.2, 0.25) is 5.91 Å². The van der Waals surface area contributed by atoms with Gasteiger partial charge in [0.15, 0.2) is 0 Å². The summed E-state index contributed by atoms with van der Waals surface area (Å²) in [6.45, 7) is 4.65. The predicted octanol–water partition coefficient (Wildman–Crippen LogP) is 3.67. The van der Waals surface area contributed by atoms with Gasteiger partial charge in [0.25, 0.3) is 5.91 Å². The van der Waals surface area contributed by atoms with Crippen LogP contribution >= 0.6 is 0 Å². The summed E-state index contributed by atoms with van der Waals surface area (Å²) in [6.07, 6.45) is 1.79. The molecule has 0 spiro atoms. The number of benzene rings is 2. The fourth-order valence-corrected chi connectivity index (χ4v) is 3.66. The van der Waals surface area contributed by atoms with Crippen LogP contribution in [-0.4, -0.2) is 47.9 Å². The van der Waals surface area contributed by atoms with Crippen molar-refractivity contribution in [1.82, 2.24) is 9.88 Å². The molecule has 6 nitrogen and oxygen atoms in total. The second-order valence-electron chi connectivity index (χ2n) is 7.90. The number of aromatic nitrogens is 1. The van der Waals surface area contributed by atoms with E-state index in [-0.39, 0.29) is 24.1 Å². The zero-order valence-electron chi connectivity index (χ0n) is 17.9. The number of piperazine rings is 1. The lowest BCUT2D eigenvalue weighted by Crippen LogP contribution is -2.49. The average molecular weight is 432 g/mol. The van der Waals surface area contributed by atoms with Gasteiger partial charge in [0.05, 0.1) is 18.3 Å². The van der Waals surface area contributed by atoms with E-state index in [2.05, 4.69) is 15.2 Å². The van der Waals surface area contributed by atoms with Crippen molar-refractivity contribution in [2.24, 2.45) is 0 Å². The number of hydrogen-bond donors (Lipinski definition) is 1. The molecule has 0 unspecified atom stereocenters. The molecule has 0 bridgehead atoms. The number of pyridine rings is 1. The minimum atomic E-state index is -0.325. The molecule has 0 radical (unpaired) electrons. The third-order valence-corrected chi connectivity index (χ3v) is 5.50. The van der Waals surface area contributed by atoms with Crippen LogP contribution in [0.2, 0.25) is 0 Å². The van der Waals surface area contributed by atoms with Crippen LogP contribution in [0.4, 0.5) is 15.9 Å². The first-order valence-electron chi connectivity index (χ1n) is 10.6. The Kier molecular flexibility index (Phi) is 6.44. The number of halogens is 1. The fraction of sp³-hybridized carbons (Fsp3) is 0.240. The number of hydrogen-bond acceptors (Lipinski definition) is 4. The van der Waals surface area contributed by atoms with Crippen molar-refractivity contribution in [1.29, 1.82) is 0 Å². The lowest BCUT2D eigenvalue weighted by Gasteiger charge is -2.35. The zero-order chi connectivity index (χ0) is 22.5. The molecular formula is C25H25FN4O2. The third-order valence-electron chi connectivity index (χ3n) is 5.50. The molecule has 1 aliphatic heterocycles. The third kappa shape index (κ3) is 5.29. The van der Waals surface area contributed by atoms with Gasteiger partial charge >= 0.3 is 0 Å². The number of carbonyl (C=O) groups excluding carboxylic acids is 2. The molecule has 3 aromatic rings. The molecule has 1 fully saturated rings. The maximum atomic E-state index is 13.0. The van der Waals surface area contributed by atoms with Gasteiger partial charge in [-0.2, -0.15) is 0 Å². The van der Waals surface area contributed by atoms with Crippen molar-refractivity contribution in [3.05, 3.63) is 89.4 Å². The molecule has 32 heavy (non-hydrogen) atoms. The Morgan fingerprint density at radius 1 is 0.938 bits per heavy atom. The van der Waals surface area contributed by atoms with Crippen molar-refractivity contribution in [3.8, 4) is 0 Å². The summed E-state index contributed by atoms with van der Waals surface area (Å²) in [6, 6.07) is 17.2. The van der Waals surface area contributed by atoms with Crippen LogP contribution in [0.1, 0.15) is 21.5 Å². The number of anilines is 2. The first kappa shape index (κ1) is 21.5. The number of nitrogens with zero attached hydrogens (tertiary/aromatic N) is 3. The van der Waals surface area contributed by atoms with Gasteiger partial charge in [-0.25, -0.2) is 9.37 Å². The van der Waals surface area contributed by atoms with E-state index in [1.54, 1.807) is 18.3 Å². The Labute approximate surface area is 186 Å². The normalized spacial score (nSPS) is 13.7. The lowest BCUT2D eigenvalue weighted by molar-refractivity contribution is -0.115. The predicted molar refractivity (Wildman–Crippen MR) is 122 cm³/mol. The van der Waals surface area contributed by atoms with Gasteiger partial charge in [-0.3, -0.25) is 9.59 Å². The molecule has 4 rings (SSSR count). The molecule has 1 N–H and O–H groups in total. The summed E-state index contributed by atoms with van der Waals surface area (Å²) in [5, 5.41) is 2.81. The summed E-state index contributed by atoms with van der Waals surface area (Å²) in [5.41, 5.74) is 3.19. The number of aryl methyl sites for hydroxylation is 1. The van der Waals surface area contributed by atoms with E-state index in [9.17, 15) is 14.0 Å². The number of amides is 2. The smallest absolute Gasteiger partial charge is 0.253 e. The van der Waals surface area contributed by atoms with Crippen LogP contribution in [0.25, 0.3) is 0 Å². The molecule has 1 saturated heterocycles. The SMILES string of the molecule is Cc1ccc(C(=O)N2CCN(c3ccc(NC(=O)Cc4ccc(F)cc4)cn3)CC2)cc1. The van der Waals surface area contributed by atoms with Crippen molar-refractivity contribution in [2.45, 2.75) is 13.3 Å². The highest BCUT2D eigenvalue weighted by Crippen LogP contribution is 2.18. The van der Waals surface area contributed by atoms with Gasteiger partial charge in [0, 0.05) is 31.7 Å². The molecule has 164 valence electrons.